The standard InChI is InChI=1S/C20H23NO4/c1-14-7-9-15(10-8-14)17(22)11-12-19(23)21-13-16-5-4-6-18(24-2)20(16)25-3/h4-10H,11-13H2,1-3H3,(H,21,23). The van der Waals surface area contributed by atoms with Gasteiger partial charge in [-0.1, -0.05) is 42.0 Å². The van der Waals surface area contributed by atoms with Crippen LogP contribution in [-0.2, 0) is 11.3 Å². The summed E-state index contributed by atoms with van der Waals surface area (Å²) < 4.78 is 10.6. The molecule has 0 atom stereocenters. The van der Waals surface area contributed by atoms with Crippen LogP contribution in [0.5, 0.6) is 11.5 Å². The maximum absolute atomic E-state index is 12.1. The normalized spacial score (nSPS) is 10.2. The summed E-state index contributed by atoms with van der Waals surface area (Å²) in [6.07, 6.45) is 0.336. The summed E-state index contributed by atoms with van der Waals surface area (Å²) in [4.78, 5) is 24.1. The van der Waals surface area contributed by atoms with Crippen LogP contribution >= 0.6 is 0 Å². The number of hydrogen-bond donors (Lipinski definition) is 1. The number of ketones is 1. The number of methoxy groups -OCH3 is 2. The van der Waals surface area contributed by atoms with Crippen molar-refractivity contribution in [1.82, 2.24) is 5.32 Å². The van der Waals surface area contributed by atoms with Gasteiger partial charge in [0.1, 0.15) is 0 Å². The fraction of sp³-hybridized carbons (Fsp3) is 0.300. The summed E-state index contributed by atoms with van der Waals surface area (Å²) in [6.45, 7) is 2.28. The summed E-state index contributed by atoms with van der Waals surface area (Å²) >= 11 is 0. The fourth-order valence-corrected chi connectivity index (χ4v) is 2.49. The Hall–Kier alpha value is -2.82. The SMILES string of the molecule is COc1cccc(CNC(=O)CCC(=O)c2ccc(C)cc2)c1OC. The maximum Gasteiger partial charge on any atom is 0.220 e. The van der Waals surface area contributed by atoms with Crippen LogP contribution in [0.25, 0.3) is 0 Å². The lowest BCUT2D eigenvalue weighted by atomic mass is 10.0. The molecule has 0 unspecified atom stereocenters. The highest BCUT2D eigenvalue weighted by atomic mass is 16.5. The van der Waals surface area contributed by atoms with Gasteiger partial charge in [-0.2, -0.15) is 0 Å². The summed E-state index contributed by atoms with van der Waals surface area (Å²) in [5.74, 6) is 1.00. The molecule has 0 aliphatic carbocycles. The number of Topliss-reactive ketones (excluding diaryl/α,β-unsaturated/α-hetero) is 1. The minimum absolute atomic E-state index is 0.0332. The molecule has 0 saturated heterocycles. The second kappa shape index (κ2) is 8.87. The molecule has 25 heavy (non-hydrogen) atoms. The Morgan fingerprint density at radius 1 is 0.960 bits per heavy atom. The number of hydrogen-bond acceptors (Lipinski definition) is 4. The van der Waals surface area contributed by atoms with Crippen molar-refractivity contribution in [2.45, 2.75) is 26.3 Å². The molecule has 2 aromatic carbocycles. The lowest BCUT2D eigenvalue weighted by Crippen LogP contribution is -2.23. The Balaban J connectivity index is 1.87. The molecular formula is C20H23NO4. The van der Waals surface area contributed by atoms with Crippen LogP contribution in [-0.4, -0.2) is 25.9 Å². The first-order valence-electron chi connectivity index (χ1n) is 8.11. The molecule has 0 aliphatic rings. The van der Waals surface area contributed by atoms with E-state index in [0.29, 0.717) is 23.6 Å². The highest BCUT2D eigenvalue weighted by molar-refractivity contribution is 5.97. The second-order valence-corrected chi connectivity index (χ2v) is 5.72. The molecule has 132 valence electrons. The van der Waals surface area contributed by atoms with Gasteiger partial charge in [0.15, 0.2) is 17.3 Å². The van der Waals surface area contributed by atoms with E-state index in [1.807, 2.05) is 31.2 Å². The van der Waals surface area contributed by atoms with Gasteiger partial charge in [-0.3, -0.25) is 9.59 Å². The number of rotatable bonds is 8. The molecule has 2 rings (SSSR count). The number of aryl methyl sites for hydroxylation is 1. The monoisotopic (exact) mass is 341 g/mol. The van der Waals surface area contributed by atoms with Crippen LogP contribution in [0.1, 0.15) is 34.3 Å². The largest absolute Gasteiger partial charge is 0.493 e. The Kier molecular flexibility index (Phi) is 6.57. The van der Waals surface area contributed by atoms with Gasteiger partial charge in [-0.25, -0.2) is 0 Å². The van der Waals surface area contributed by atoms with E-state index in [0.717, 1.165) is 11.1 Å². The number of carbonyl (C=O) groups excluding carboxylic acids is 2. The zero-order chi connectivity index (χ0) is 18.2. The third-order valence-electron chi connectivity index (χ3n) is 3.91. The van der Waals surface area contributed by atoms with Gasteiger partial charge in [-0.05, 0) is 13.0 Å². The van der Waals surface area contributed by atoms with Crippen LogP contribution in [0.4, 0.5) is 0 Å². The molecule has 5 heteroatoms. The van der Waals surface area contributed by atoms with Gasteiger partial charge in [-0.15, -0.1) is 0 Å². The first-order chi connectivity index (χ1) is 12.0. The van der Waals surface area contributed by atoms with E-state index in [9.17, 15) is 9.59 Å². The minimum Gasteiger partial charge on any atom is -0.493 e. The van der Waals surface area contributed by atoms with Crippen LogP contribution in [0.2, 0.25) is 0 Å². The molecule has 0 aliphatic heterocycles. The Morgan fingerprint density at radius 2 is 1.68 bits per heavy atom. The summed E-state index contributed by atoms with van der Waals surface area (Å²) in [5.41, 5.74) is 2.55. The second-order valence-electron chi connectivity index (χ2n) is 5.72. The van der Waals surface area contributed by atoms with Crippen molar-refractivity contribution in [3.8, 4) is 11.5 Å². The van der Waals surface area contributed by atoms with Crippen LogP contribution in [0.3, 0.4) is 0 Å². The number of para-hydroxylation sites is 1. The van der Waals surface area contributed by atoms with Gasteiger partial charge >= 0.3 is 0 Å². The zero-order valence-corrected chi connectivity index (χ0v) is 14.8. The average molecular weight is 341 g/mol. The van der Waals surface area contributed by atoms with Crippen molar-refractivity contribution in [3.05, 3.63) is 59.2 Å². The topological polar surface area (TPSA) is 64.6 Å². The third kappa shape index (κ3) is 5.08. The van der Waals surface area contributed by atoms with Crippen molar-refractivity contribution in [2.75, 3.05) is 14.2 Å². The number of ether oxygens (including phenoxy) is 2. The fourth-order valence-electron chi connectivity index (χ4n) is 2.49. The molecule has 0 fully saturated rings. The van der Waals surface area contributed by atoms with Gasteiger partial charge in [0, 0.05) is 30.5 Å². The van der Waals surface area contributed by atoms with E-state index in [1.165, 1.54) is 0 Å². The summed E-state index contributed by atoms with van der Waals surface area (Å²) in [6, 6.07) is 12.9. The molecular weight excluding hydrogens is 318 g/mol. The van der Waals surface area contributed by atoms with E-state index in [-0.39, 0.29) is 24.5 Å². The van der Waals surface area contributed by atoms with Crippen LogP contribution < -0.4 is 14.8 Å². The molecule has 0 radical (unpaired) electrons. The van der Waals surface area contributed by atoms with Crippen molar-refractivity contribution < 1.29 is 19.1 Å². The first kappa shape index (κ1) is 18.5. The van der Waals surface area contributed by atoms with E-state index < -0.39 is 0 Å². The lowest BCUT2D eigenvalue weighted by molar-refractivity contribution is -0.121. The van der Waals surface area contributed by atoms with Crippen LogP contribution in [0, 0.1) is 6.92 Å². The van der Waals surface area contributed by atoms with Gasteiger partial charge in [0.25, 0.3) is 0 Å². The van der Waals surface area contributed by atoms with E-state index >= 15 is 0 Å². The maximum atomic E-state index is 12.1. The van der Waals surface area contributed by atoms with Crippen molar-refractivity contribution in [2.24, 2.45) is 0 Å². The molecule has 1 amide bonds. The molecule has 0 saturated carbocycles. The number of carbonyl (C=O) groups is 2. The van der Waals surface area contributed by atoms with Crippen molar-refractivity contribution in [1.29, 1.82) is 0 Å². The lowest BCUT2D eigenvalue weighted by Gasteiger charge is -2.13. The molecule has 0 bridgehead atoms. The van der Waals surface area contributed by atoms with E-state index in [2.05, 4.69) is 5.32 Å². The molecule has 0 aromatic heterocycles. The smallest absolute Gasteiger partial charge is 0.220 e. The van der Waals surface area contributed by atoms with Gasteiger partial charge < -0.3 is 14.8 Å². The predicted octanol–water partition coefficient (Wildman–Crippen LogP) is 3.29. The molecule has 1 N–H and O–H groups in total. The molecule has 0 spiro atoms. The van der Waals surface area contributed by atoms with Crippen molar-refractivity contribution in [3.63, 3.8) is 0 Å². The quantitative estimate of drug-likeness (QED) is 0.748. The number of benzene rings is 2. The number of nitrogens with one attached hydrogen (secondary N) is 1. The van der Waals surface area contributed by atoms with Crippen molar-refractivity contribution >= 4 is 11.7 Å². The van der Waals surface area contributed by atoms with Crippen LogP contribution in [0.15, 0.2) is 42.5 Å². The zero-order valence-electron chi connectivity index (χ0n) is 14.8. The number of amides is 1. The highest BCUT2D eigenvalue weighted by Crippen LogP contribution is 2.30. The average Bonchev–Trinajstić information content (AvgIpc) is 2.64. The Morgan fingerprint density at radius 3 is 2.32 bits per heavy atom. The summed E-state index contributed by atoms with van der Waals surface area (Å²) in [5, 5.41) is 2.81. The third-order valence-corrected chi connectivity index (χ3v) is 3.91. The van der Waals surface area contributed by atoms with Gasteiger partial charge in [0.2, 0.25) is 5.91 Å². The molecule has 2 aromatic rings. The minimum atomic E-state index is -0.176. The Bertz CT molecular complexity index is 738. The molecule has 0 heterocycles. The van der Waals surface area contributed by atoms with E-state index in [4.69, 9.17) is 9.47 Å². The van der Waals surface area contributed by atoms with E-state index in [1.54, 1.807) is 32.4 Å². The predicted molar refractivity (Wildman–Crippen MR) is 96.1 cm³/mol. The Labute approximate surface area is 148 Å². The highest BCUT2D eigenvalue weighted by Gasteiger charge is 2.12. The first-order valence-corrected chi connectivity index (χ1v) is 8.11. The van der Waals surface area contributed by atoms with Gasteiger partial charge in [0.05, 0.1) is 14.2 Å². The summed E-state index contributed by atoms with van der Waals surface area (Å²) in [7, 11) is 3.13. The molecule has 5 nitrogen and oxygen atoms in total.